The predicted molar refractivity (Wildman–Crippen MR) is 78.7 cm³/mol. The molecule has 1 N–H and O–H groups in total. The average Bonchev–Trinajstić information content (AvgIpc) is 2.69. The lowest BCUT2D eigenvalue weighted by atomic mass is 9.75. The first kappa shape index (κ1) is 13.6. The Bertz CT molecular complexity index is 840. The van der Waals surface area contributed by atoms with Crippen molar-refractivity contribution in [1.82, 2.24) is 9.55 Å². The van der Waals surface area contributed by atoms with Crippen molar-refractivity contribution in [3.63, 3.8) is 0 Å². The summed E-state index contributed by atoms with van der Waals surface area (Å²) in [6.45, 7) is 0. The third-order valence-electron chi connectivity index (χ3n) is 4.51. The number of hydrogen-bond acceptors (Lipinski definition) is 3. The summed E-state index contributed by atoms with van der Waals surface area (Å²) < 4.78 is 15.9. The number of halogens is 2. The number of carboxylic acids is 1. The second-order valence-corrected chi connectivity index (χ2v) is 6.49. The smallest absolute Gasteiger partial charge is 0.356 e. The van der Waals surface area contributed by atoms with Gasteiger partial charge in [0.25, 0.3) is 0 Å². The van der Waals surface area contributed by atoms with Crippen LogP contribution in [-0.2, 0) is 0 Å². The molecule has 2 aromatic rings. The van der Waals surface area contributed by atoms with Gasteiger partial charge in [-0.3, -0.25) is 4.79 Å². The average molecular weight is 365 g/mol. The molecule has 1 aromatic heterocycles. The molecule has 1 aliphatic carbocycles. The number of carbonyl (C=O) groups is 2. The van der Waals surface area contributed by atoms with Crippen LogP contribution in [0, 0.1) is 5.82 Å². The Morgan fingerprint density at radius 3 is 2.82 bits per heavy atom. The van der Waals surface area contributed by atoms with Gasteiger partial charge in [-0.1, -0.05) is 0 Å². The number of aromatic nitrogens is 2. The molecule has 7 heteroatoms. The SMILES string of the molecule is O=Cc1c(C(=O)O)nc2n1C1CC(C1)c1cc(F)c(Br)cc1-2. The molecular formula is C15H10BrFN2O3. The lowest BCUT2D eigenvalue weighted by molar-refractivity contribution is 0.0687. The molecule has 5 rings (SSSR count). The zero-order valence-corrected chi connectivity index (χ0v) is 12.8. The van der Waals surface area contributed by atoms with Crippen LogP contribution in [0.15, 0.2) is 16.6 Å². The monoisotopic (exact) mass is 364 g/mol. The number of carbonyl (C=O) groups excluding carboxylic acids is 1. The van der Waals surface area contributed by atoms with Crippen LogP contribution < -0.4 is 0 Å². The Morgan fingerprint density at radius 1 is 1.45 bits per heavy atom. The molecule has 1 aromatic carbocycles. The Kier molecular flexibility index (Phi) is 2.78. The first-order chi connectivity index (χ1) is 10.5. The van der Waals surface area contributed by atoms with Crippen molar-refractivity contribution in [2.75, 3.05) is 0 Å². The highest BCUT2D eigenvalue weighted by Gasteiger charge is 2.41. The van der Waals surface area contributed by atoms with E-state index in [1.165, 1.54) is 6.07 Å². The third kappa shape index (κ3) is 1.65. The molecular weight excluding hydrogens is 355 g/mol. The van der Waals surface area contributed by atoms with E-state index in [2.05, 4.69) is 20.9 Å². The van der Waals surface area contributed by atoms with Crippen LogP contribution >= 0.6 is 15.9 Å². The van der Waals surface area contributed by atoms with Gasteiger partial charge in [-0.15, -0.1) is 0 Å². The fraction of sp³-hybridized carbons (Fsp3) is 0.267. The summed E-state index contributed by atoms with van der Waals surface area (Å²) in [5.74, 6) is -0.935. The van der Waals surface area contributed by atoms with E-state index in [-0.39, 0.29) is 29.2 Å². The topological polar surface area (TPSA) is 72.2 Å². The fourth-order valence-electron chi connectivity index (χ4n) is 3.42. The van der Waals surface area contributed by atoms with E-state index in [1.54, 1.807) is 10.6 Å². The second-order valence-electron chi connectivity index (χ2n) is 5.64. The van der Waals surface area contributed by atoms with Gasteiger partial charge in [0.05, 0.1) is 4.47 Å². The van der Waals surface area contributed by atoms with Crippen molar-refractivity contribution in [2.24, 2.45) is 0 Å². The van der Waals surface area contributed by atoms with Crippen molar-refractivity contribution < 1.29 is 19.1 Å². The number of aromatic carboxylic acids is 1. The van der Waals surface area contributed by atoms with Gasteiger partial charge < -0.3 is 9.67 Å². The summed E-state index contributed by atoms with van der Waals surface area (Å²) in [6.07, 6.45) is 2.06. The first-order valence-corrected chi connectivity index (χ1v) is 7.60. The standard InChI is InChI=1S/C15H10BrFN2O3/c16-10-3-9-8(4-11(10)17)6-1-7(2-6)19-12(5-20)13(15(21)22)18-14(9)19/h3-7H,1-2H2,(H,21,22). The molecule has 3 aliphatic rings. The van der Waals surface area contributed by atoms with Crippen molar-refractivity contribution in [1.29, 1.82) is 0 Å². The molecule has 5 nitrogen and oxygen atoms in total. The van der Waals surface area contributed by atoms with Gasteiger partial charge in [0.15, 0.2) is 12.0 Å². The summed E-state index contributed by atoms with van der Waals surface area (Å²) in [5.41, 5.74) is 1.35. The minimum atomic E-state index is -1.23. The van der Waals surface area contributed by atoms with Crippen LogP contribution in [0.3, 0.4) is 0 Å². The van der Waals surface area contributed by atoms with Crippen LogP contribution in [0.5, 0.6) is 0 Å². The van der Waals surface area contributed by atoms with E-state index in [0.29, 0.717) is 22.1 Å². The zero-order valence-electron chi connectivity index (χ0n) is 11.2. The molecule has 0 radical (unpaired) electrons. The molecule has 3 heterocycles. The number of nitrogens with zero attached hydrogens (tertiary/aromatic N) is 2. The van der Waals surface area contributed by atoms with E-state index in [9.17, 15) is 19.1 Å². The summed E-state index contributed by atoms with van der Waals surface area (Å²) in [4.78, 5) is 26.9. The van der Waals surface area contributed by atoms with Crippen molar-refractivity contribution in [3.8, 4) is 11.4 Å². The molecule has 2 bridgehead atoms. The Morgan fingerprint density at radius 2 is 2.18 bits per heavy atom. The van der Waals surface area contributed by atoms with Crippen molar-refractivity contribution >= 4 is 28.2 Å². The van der Waals surface area contributed by atoms with Crippen molar-refractivity contribution in [3.05, 3.63) is 39.4 Å². The first-order valence-electron chi connectivity index (χ1n) is 6.81. The summed E-state index contributed by atoms with van der Waals surface area (Å²) in [6, 6.07) is 3.13. The van der Waals surface area contributed by atoms with Crippen LogP contribution in [-0.4, -0.2) is 26.9 Å². The lowest BCUT2D eigenvalue weighted by Crippen LogP contribution is -2.24. The van der Waals surface area contributed by atoms with Gasteiger partial charge in [-0.2, -0.15) is 0 Å². The van der Waals surface area contributed by atoms with Gasteiger partial charge >= 0.3 is 5.97 Å². The van der Waals surface area contributed by atoms with Crippen molar-refractivity contribution in [2.45, 2.75) is 24.8 Å². The Labute approximate surface area is 132 Å². The quantitative estimate of drug-likeness (QED) is 0.829. The molecule has 0 atom stereocenters. The largest absolute Gasteiger partial charge is 0.476 e. The number of carboxylic acid groups (broad SMARTS) is 1. The summed E-state index contributed by atoms with van der Waals surface area (Å²) in [5, 5.41) is 9.26. The number of aldehydes is 1. The van der Waals surface area contributed by atoms with E-state index in [1.807, 2.05) is 0 Å². The predicted octanol–water partition coefficient (Wildman–Crippen LogP) is 3.39. The summed E-state index contributed by atoms with van der Waals surface area (Å²) >= 11 is 3.16. The molecule has 2 aliphatic heterocycles. The van der Waals surface area contributed by atoms with E-state index < -0.39 is 5.97 Å². The number of hydrogen-bond donors (Lipinski definition) is 1. The van der Waals surface area contributed by atoms with Gasteiger partial charge in [0, 0.05) is 11.6 Å². The van der Waals surface area contributed by atoms with E-state index in [4.69, 9.17) is 0 Å². The van der Waals surface area contributed by atoms with E-state index in [0.717, 1.165) is 18.4 Å². The molecule has 1 fully saturated rings. The molecule has 112 valence electrons. The van der Waals surface area contributed by atoms with Crippen LogP contribution in [0.2, 0.25) is 0 Å². The Balaban J connectivity index is 2.07. The van der Waals surface area contributed by atoms with Gasteiger partial charge in [0.1, 0.15) is 17.3 Å². The number of rotatable bonds is 2. The molecule has 0 amide bonds. The fourth-order valence-corrected chi connectivity index (χ4v) is 3.76. The van der Waals surface area contributed by atoms with Gasteiger partial charge in [-0.05, 0) is 52.4 Å². The number of imidazole rings is 1. The molecule has 0 saturated heterocycles. The second kappa shape index (κ2) is 4.49. The summed E-state index contributed by atoms with van der Waals surface area (Å²) in [7, 11) is 0. The maximum Gasteiger partial charge on any atom is 0.356 e. The van der Waals surface area contributed by atoms with Gasteiger partial charge in [-0.25, -0.2) is 14.2 Å². The highest BCUT2D eigenvalue weighted by atomic mass is 79.9. The maximum atomic E-state index is 13.9. The third-order valence-corrected chi connectivity index (χ3v) is 5.12. The molecule has 0 unspecified atom stereocenters. The lowest BCUT2D eigenvalue weighted by Gasteiger charge is -2.35. The number of benzene rings is 1. The molecule has 0 spiro atoms. The molecule has 22 heavy (non-hydrogen) atoms. The van der Waals surface area contributed by atoms with Crippen LogP contribution in [0.1, 0.15) is 51.3 Å². The zero-order chi connectivity index (χ0) is 15.6. The minimum Gasteiger partial charge on any atom is -0.476 e. The minimum absolute atomic E-state index is 0.0371. The van der Waals surface area contributed by atoms with Gasteiger partial charge in [0.2, 0.25) is 0 Å². The normalized spacial score (nSPS) is 21.4. The maximum absolute atomic E-state index is 13.9. The van der Waals surface area contributed by atoms with Crippen LogP contribution in [0.25, 0.3) is 11.4 Å². The highest BCUT2D eigenvalue weighted by molar-refractivity contribution is 9.10. The highest BCUT2D eigenvalue weighted by Crippen LogP contribution is 2.53. The van der Waals surface area contributed by atoms with Crippen LogP contribution in [0.4, 0.5) is 4.39 Å². The Hall–Kier alpha value is -2.02. The molecule has 1 saturated carbocycles. The van der Waals surface area contributed by atoms with E-state index >= 15 is 0 Å².